The molecule has 4 nitrogen and oxygen atoms in total. The van der Waals surface area contributed by atoms with Crippen LogP contribution in [0.1, 0.15) is 55.4 Å². The molecule has 0 aromatic heterocycles. The van der Waals surface area contributed by atoms with E-state index < -0.39 is 26.1 Å². The Morgan fingerprint density at radius 3 is 1.09 bits per heavy atom. The number of hydrogen-bond acceptors (Lipinski definition) is 4. The van der Waals surface area contributed by atoms with E-state index in [2.05, 4.69) is 52.0 Å². The van der Waals surface area contributed by atoms with Crippen LogP contribution in [0.15, 0.2) is 24.3 Å². The van der Waals surface area contributed by atoms with Crippen molar-refractivity contribution in [2.24, 2.45) is 0 Å². The Bertz CT molecular complexity index is 802. The molecule has 1 aromatic carbocycles. The summed E-state index contributed by atoms with van der Waals surface area (Å²) >= 11 is 0. The van der Waals surface area contributed by atoms with Gasteiger partial charge < -0.3 is 18.9 Å². The van der Waals surface area contributed by atoms with Gasteiger partial charge in [0.1, 0.15) is 35.0 Å². The van der Waals surface area contributed by atoms with Crippen LogP contribution in [0.3, 0.4) is 0 Å². The number of ether oxygens (including phenoxy) is 4. The number of rotatable bonds is 2. The van der Waals surface area contributed by atoms with Gasteiger partial charge in [0.05, 0.1) is 22.6 Å². The first-order valence-electron chi connectivity index (χ1n) is 12.0. The van der Waals surface area contributed by atoms with Crippen molar-refractivity contribution >= 4 is 25.1 Å². The van der Waals surface area contributed by atoms with E-state index in [4.69, 9.17) is 32.3 Å². The Morgan fingerprint density at radius 1 is 0.594 bits per heavy atom. The molecule has 0 unspecified atom stereocenters. The zero-order chi connectivity index (χ0) is 23.4. The normalized spacial score (nSPS) is 45.1. The minimum Gasteiger partial charge on any atom is -0.340 e. The number of fused-ring (bicyclic) bond motifs is 2. The van der Waals surface area contributed by atoms with Gasteiger partial charge in [0.2, 0.25) is 0 Å². The molecule has 0 radical (unpaired) electrons. The molecular formula is C26H40O4P2. The van der Waals surface area contributed by atoms with Crippen LogP contribution in [-0.4, -0.2) is 58.6 Å². The van der Waals surface area contributed by atoms with E-state index in [9.17, 15) is 0 Å². The molecular weight excluding hydrogens is 438 g/mol. The molecule has 4 fully saturated rings. The van der Waals surface area contributed by atoms with Crippen molar-refractivity contribution in [3.05, 3.63) is 37.6 Å². The third-order valence-electron chi connectivity index (χ3n) is 8.91. The van der Waals surface area contributed by atoms with Crippen molar-refractivity contribution in [3.8, 4) is 0 Å². The lowest BCUT2D eigenvalue weighted by Crippen LogP contribution is -2.40. The van der Waals surface area contributed by atoms with Crippen molar-refractivity contribution in [3.63, 3.8) is 0 Å². The molecule has 4 saturated heterocycles. The van der Waals surface area contributed by atoms with Gasteiger partial charge in [-0.25, -0.2) is 0 Å². The summed E-state index contributed by atoms with van der Waals surface area (Å²) in [4.78, 5) is 0. The zero-order valence-electron chi connectivity index (χ0n) is 20.9. The van der Waals surface area contributed by atoms with Crippen LogP contribution in [0.5, 0.6) is 0 Å². The summed E-state index contributed by atoms with van der Waals surface area (Å²) in [6.07, 6.45) is 0.401. The van der Waals surface area contributed by atoms with Gasteiger partial charge in [0.15, 0.2) is 11.6 Å². The molecule has 0 spiro atoms. The molecule has 4 heterocycles. The third-order valence-corrected chi connectivity index (χ3v) is 18.7. The number of benzene rings is 1. The van der Waals surface area contributed by atoms with Crippen molar-refractivity contribution in [1.29, 1.82) is 0 Å². The van der Waals surface area contributed by atoms with Crippen molar-refractivity contribution in [2.75, 3.05) is 0 Å². The Balaban J connectivity index is 1.58. The van der Waals surface area contributed by atoms with Crippen LogP contribution >= 0.6 is 14.5 Å². The summed E-state index contributed by atoms with van der Waals surface area (Å²) in [5.74, 6) is -1.03. The van der Waals surface area contributed by atoms with Gasteiger partial charge in [0.25, 0.3) is 0 Å². The maximum Gasteiger partial charge on any atom is 0.164 e. The van der Waals surface area contributed by atoms with Gasteiger partial charge in [-0.15, -0.1) is 0 Å². The molecule has 0 bridgehead atoms. The maximum absolute atomic E-state index is 6.41. The SMILES string of the molecule is [CH2-][P+]1(c2ccccc2[P+]2([CH2-])[C@H](C)[C@H]3OC(C)(C)O[C@@H]3[C@H]2C)[C@H](C)[C@H]2OC(C)(C)O[C@@H]2[C@H]1C. The fraction of sp³-hybridized carbons (Fsp3) is 0.692. The van der Waals surface area contributed by atoms with Crippen LogP contribution in [0.4, 0.5) is 0 Å². The largest absolute Gasteiger partial charge is 0.340 e. The summed E-state index contributed by atoms with van der Waals surface area (Å²) in [7, 11) is -3.65. The highest BCUT2D eigenvalue weighted by Gasteiger charge is 2.67. The zero-order valence-corrected chi connectivity index (χ0v) is 22.7. The Morgan fingerprint density at radius 2 is 0.844 bits per heavy atom. The molecule has 32 heavy (non-hydrogen) atoms. The van der Waals surface area contributed by atoms with E-state index in [1.807, 2.05) is 27.7 Å². The van der Waals surface area contributed by atoms with E-state index >= 15 is 0 Å². The van der Waals surface area contributed by atoms with E-state index in [0.29, 0.717) is 22.6 Å². The predicted molar refractivity (Wildman–Crippen MR) is 136 cm³/mol. The highest BCUT2D eigenvalue weighted by Crippen LogP contribution is 2.77. The predicted octanol–water partition coefficient (Wildman–Crippen LogP) is 5.18. The minimum absolute atomic E-state index is 0.100. The molecule has 178 valence electrons. The van der Waals surface area contributed by atoms with Crippen LogP contribution < -0.4 is 10.6 Å². The number of hydrogen-bond donors (Lipinski definition) is 0. The lowest BCUT2D eigenvalue weighted by atomic mass is 10.1. The summed E-state index contributed by atoms with van der Waals surface area (Å²) in [5.41, 5.74) is 1.37. The monoisotopic (exact) mass is 478 g/mol. The average Bonchev–Trinajstić information content (AvgIpc) is 3.33. The second-order valence-electron chi connectivity index (χ2n) is 11.4. The van der Waals surface area contributed by atoms with Crippen molar-refractivity contribution in [1.82, 2.24) is 0 Å². The molecule has 0 aliphatic carbocycles. The Hall–Kier alpha value is -0.0800. The smallest absolute Gasteiger partial charge is 0.164 e. The molecule has 6 heteroatoms. The molecule has 5 rings (SSSR count). The highest BCUT2D eigenvalue weighted by molar-refractivity contribution is 7.91. The first-order chi connectivity index (χ1) is 14.7. The van der Waals surface area contributed by atoms with Gasteiger partial charge in [-0.2, -0.15) is 13.3 Å². The lowest BCUT2D eigenvalue weighted by Gasteiger charge is -2.43. The van der Waals surface area contributed by atoms with E-state index in [1.165, 1.54) is 10.6 Å². The second-order valence-corrected chi connectivity index (χ2v) is 19.4. The minimum atomic E-state index is -1.82. The van der Waals surface area contributed by atoms with Crippen LogP contribution in [0, 0.1) is 13.3 Å². The Kier molecular flexibility index (Phi) is 5.34. The van der Waals surface area contributed by atoms with Gasteiger partial charge in [0, 0.05) is 0 Å². The quantitative estimate of drug-likeness (QED) is 0.434. The average molecular weight is 479 g/mol. The molecule has 4 aliphatic rings. The fourth-order valence-corrected chi connectivity index (χ4v) is 16.1. The van der Waals surface area contributed by atoms with E-state index in [1.54, 1.807) is 0 Å². The molecule has 0 N–H and O–H groups in total. The van der Waals surface area contributed by atoms with Crippen LogP contribution in [-0.2, 0) is 18.9 Å². The topological polar surface area (TPSA) is 36.9 Å². The molecule has 0 amide bonds. The van der Waals surface area contributed by atoms with Gasteiger partial charge in [-0.3, -0.25) is 0 Å². The molecule has 1 aromatic rings. The lowest BCUT2D eigenvalue weighted by molar-refractivity contribution is -0.147. The molecule has 0 saturated carbocycles. The fourth-order valence-electron chi connectivity index (χ4n) is 6.96. The highest BCUT2D eigenvalue weighted by atomic mass is 31.2. The summed E-state index contributed by atoms with van der Waals surface area (Å²) < 4.78 is 25.6. The summed E-state index contributed by atoms with van der Waals surface area (Å²) in [6.45, 7) is 27.5. The van der Waals surface area contributed by atoms with Crippen molar-refractivity contribution < 1.29 is 18.9 Å². The van der Waals surface area contributed by atoms with Gasteiger partial charge in [-0.05, 0) is 67.5 Å². The summed E-state index contributed by atoms with van der Waals surface area (Å²) in [5, 5.41) is 2.86. The van der Waals surface area contributed by atoms with Gasteiger partial charge in [-0.1, -0.05) is 26.7 Å². The van der Waals surface area contributed by atoms with Crippen LogP contribution in [0.2, 0.25) is 0 Å². The second kappa shape index (κ2) is 7.22. The first kappa shape index (κ1) is 23.7. The summed E-state index contributed by atoms with van der Waals surface area (Å²) in [6, 6.07) is 9.03. The maximum atomic E-state index is 6.41. The Labute approximate surface area is 195 Å². The van der Waals surface area contributed by atoms with Crippen molar-refractivity contribution in [2.45, 2.75) is 114 Å². The van der Waals surface area contributed by atoms with E-state index in [-0.39, 0.29) is 24.4 Å². The third kappa shape index (κ3) is 3.03. The van der Waals surface area contributed by atoms with Crippen LogP contribution in [0.25, 0.3) is 0 Å². The first-order valence-corrected chi connectivity index (χ1v) is 16.2. The van der Waals surface area contributed by atoms with Gasteiger partial charge >= 0.3 is 0 Å². The standard InChI is InChI=1S/C26H40O4P2/c1-15-21-22(28-25(5,6)27-21)16(2)31(15,9)19-13-11-12-14-20(19)32(10)17(3)23-24(18(32)4)30-26(7,8)29-23/h11-18,21-24H,9-10H2,1-8H3/t15-,16-,17-,18-,21-,22-,23-,24-/m1/s1. The van der Waals surface area contributed by atoms with E-state index in [0.717, 1.165) is 0 Å². The molecule has 4 aliphatic heterocycles. The molecule has 8 atom stereocenters.